The minimum atomic E-state index is -0.904. The summed E-state index contributed by atoms with van der Waals surface area (Å²) in [5.41, 5.74) is 2.72. The first-order chi connectivity index (χ1) is 12.5. The standard InChI is InChI=1S/C20H19ClN2O3/c21-16-9-4-8-15(12-16)18-13-17(14-6-2-1-3-7-14)22-23(18)19(24)10-5-11-20(25)26/h1-4,6-9,12,18H,5,10-11,13H2,(H,25,26)/t18-/m1/s1. The second-order valence-corrected chi connectivity index (χ2v) is 6.61. The molecule has 1 aliphatic rings. The molecule has 0 saturated heterocycles. The highest BCUT2D eigenvalue weighted by atomic mass is 35.5. The van der Waals surface area contributed by atoms with Gasteiger partial charge in [-0.05, 0) is 29.7 Å². The van der Waals surface area contributed by atoms with Gasteiger partial charge < -0.3 is 5.11 Å². The van der Waals surface area contributed by atoms with Gasteiger partial charge in [0.1, 0.15) is 0 Å². The summed E-state index contributed by atoms with van der Waals surface area (Å²) >= 11 is 6.12. The monoisotopic (exact) mass is 370 g/mol. The third-order valence-electron chi connectivity index (χ3n) is 4.29. The fraction of sp³-hybridized carbons (Fsp3) is 0.250. The molecule has 134 valence electrons. The first kappa shape index (κ1) is 18.1. The maximum atomic E-state index is 12.7. The molecule has 0 fully saturated rings. The lowest BCUT2D eigenvalue weighted by Crippen LogP contribution is -2.27. The molecule has 3 rings (SSSR count). The van der Waals surface area contributed by atoms with Crippen LogP contribution >= 0.6 is 11.6 Å². The molecule has 0 radical (unpaired) electrons. The number of carbonyl (C=O) groups is 2. The van der Waals surface area contributed by atoms with E-state index in [2.05, 4.69) is 5.10 Å². The fourth-order valence-corrected chi connectivity index (χ4v) is 3.22. The number of carboxylic acids is 1. The third kappa shape index (κ3) is 4.29. The number of carboxylic acid groups (broad SMARTS) is 1. The molecule has 1 aliphatic heterocycles. The molecule has 0 bridgehead atoms. The van der Waals surface area contributed by atoms with Crippen LogP contribution in [0.15, 0.2) is 59.7 Å². The molecule has 0 unspecified atom stereocenters. The second kappa shape index (κ2) is 8.15. The first-order valence-corrected chi connectivity index (χ1v) is 8.84. The highest BCUT2D eigenvalue weighted by molar-refractivity contribution is 6.30. The molecule has 6 heteroatoms. The first-order valence-electron chi connectivity index (χ1n) is 8.47. The van der Waals surface area contributed by atoms with Crippen LogP contribution < -0.4 is 0 Å². The largest absolute Gasteiger partial charge is 0.481 e. The average molecular weight is 371 g/mol. The van der Waals surface area contributed by atoms with Crippen molar-refractivity contribution >= 4 is 29.2 Å². The number of carbonyl (C=O) groups excluding carboxylic acids is 1. The van der Waals surface area contributed by atoms with Crippen molar-refractivity contribution in [1.82, 2.24) is 5.01 Å². The molecule has 1 N–H and O–H groups in total. The van der Waals surface area contributed by atoms with Crippen molar-refractivity contribution in [3.8, 4) is 0 Å². The number of amides is 1. The van der Waals surface area contributed by atoms with Crippen LogP contribution in [0.1, 0.15) is 42.9 Å². The zero-order valence-corrected chi connectivity index (χ0v) is 14.9. The molecule has 0 spiro atoms. The van der Waals surface area contributed by atoms with Crippen LogP contribution in [0, 0.1) is 0 Å². The molecule has 2 aromatic carbocycles. The van der Waals surface area contributed by atoms with Crippen molar-refractivity contribution in [3.63, 3.8) is 0 Å². The van der Waals surface area contributed by atoms with Crippen molar-refractivity contribution in [3.05, 3.63) is 70.7 Å². The molecule has 1 atom stereocenters. The molecular formula is C20H19ClN2O3. The van der Waals surface area contributed by atoms with E-state index in [0.29, 0.717) is 17.9 Å². The second-order valence-electron chi connectivity index (χ2n) is 6.17. The number of halogens is 1. The summed E-state index contributed by atoms with van der Waals surface area (Å²) in [6.45, 7) is 0. The summed E-state index contributed by atoms with van der Waals surface area (Å²) in [7, 11) is 0. The molecular weight excluding hydrogens is 352 g/mol. The Kier molecular flexibility index (Phi) is 5.68. The van der Waals surface area contributed by atoms with Gasteiger partial charge in [-0.2, -0.15) is 5.10 Å². The summed E-state index contributed by atoms with van der Waals surface area (Å²) in [6.07, 6.45) is 1.00. The van der Waals surface area contributed by atoms with E-state index in [4.69, 9.17) is 16.7 Å². The number of hydrogen-bond acceptors (Lipinski definition) is 3. The number of nitrogens with zero attached hydrogens (tertiary/aromatic N) is 2. The van der Waals surface area contributed by atoms with Crippen LogP contribution in [0.2, 0.25) is 5.02 Å². The SMILES string of the molecule is O=C(O)CCCC(=O)N1N=C(c2ccccc2)C[C@@H]1c1cccc(Cl)c1. The van der Waals surface area contributed by atoms with E-state index >= 15 is 0 Å². The Balaban J connectivity index is 1.85. The Morgan fingerprint density at radius 3 is 2.58 bits per heavy atom. The Morgan fingerprint density at radius 1 is 1.12 bits per heavy atom. The number of aliphatic carboxylic acids is 1. The number of benzene rings is 2. The number of hydrogen-bond donors (Lipinski definition) is 1. The van der Waals surface area contributed by atoms with E-state index in [9.17, 15) is 9.59 Å². The lowest BCUT2D eigenvalue weighted by Gasteiger charge is -2.22. The fourth-order valence-electron chi connectivity index (χ4n) is 3.02. The molecule has 1 amide bonds. The van der Waals surface area contributed by atoms with E-state index in [1.807, 2.05) is 48.5 Å². The minimum Gasteiger partial charge on any atom is -0.481 e. The predicted octanol–water partition coefficient (Wildman–Crippen LogP) is 4.27. The van der Waals surface area contributed by atoms with Crippen LogP contribution in [0.25, 0.3) is 0 Å². The topological polar surface area (TPSA) is 70.0 Å². The van der Waals surface area contributed by atoms with Gasteiger partial charge in [0.25, 0.3) is 0 Å². The van der Waals surface area contributed by atoms with Gasteiger partial charge in [0.2, 0.25) is 5.91 Å². The van der Waals surface area contributed by atoms with Crippen LogP contribution in [0.3, 0.4) is 0 Å². The number of rotatable bonds is 6. The van der Waals surface area contributed by atoms with Gasteiger partial charge in [-0.3, -0.25) is 9.59 Å². The summed E-state index contributed by atoms with van der Waals surface area (Å²) in [5.74, 6) is -1.08. The minimum absolute atomic E-state index is 0.0311. The molecule has 2 aromatic rings. The summed E-state index contributed by atoms with van der Waals surface area (Å²) in [5, 5.41) is 15.4. The molecule has 0 aromatic heterocycles. The van der Waals surface area contributed by atoms with Crippen molar-refractivity contribution < 1.29 is 14.7 Å². The Labute approximate surface area is 156 Å². The zero-order chi connectivity index (χ0) is 18.5. The van der Waals surface area contributed by atoms with Crippen molar-refractivity contribution in [2.45, 2.75) is 31.7 Å². The Bertz CT molecular complexity index is 836. The van der Waals surface area contributed by atoms with Gasteiger partial charge in [0.05, 0.1) is 11.8 Å². The Morgan fingerprint density at radius 2 is 1.88 bits per heavy atom. The van der Waals surface area contributed by atoms with E-state index in [1.165, 1.54) is 5.01 Å². The molecule has 0 saturated carbocycles. The zero-order valence-electron chi connectivity index (χ0n) is 14.1. The van der Waals surface area contributed by atoms with Crippen molar-refractivity contribution in [1.29, 1.82) is 0 Å². The molecule has 0 aliphatic carbocycles. The highest BCUT2D eigenvalue weighted by Crippen LogP contribution is 2.34. The van der Waals surface area contributed by atoms with Gasteiger partial charge in [-0.15, -0.1) is 0 Å². The summed E-state index contributed by atoms with van der Waals surface area (Å²) in [6, 6.07) is 16.9. The molecule has 1 heterocycles. The quantitative estimate of drug-likeness (QED) is 0.825. The van der Waals surface area contributed by atoms with Gasteiger partial charge in [-0.25, -0.2) is 5.01 Å². The maximum Gasteiger partial charge on any atom is 0.303 e. The lowest BCUT2D eigenvalue weighted by molar-refractivity contribution is -0.137. The van der Waals surface area contributed by atoms with Gasteiger partial charge in [0, 0.05) is 24.3 Å². The summed E-state index contributed by atoms with van der Waals surface area (Å²) in [4.78, 5) is 23.4. The average Bonchev–Trinajstić information content (AvgIpc) is 3.07. The van der Waals surface area contributed by atoms with Crippen LogP contribution in [0.4, 0.5) is 0 Å². The number of hydrazone groups is 1. The van der Waals surface area contributed by atoms with Crippen LogP contribution in [0.5, 0.6) is 0 Å². The third-order valence-corrected chi connectivity index (χ3v) is 4.52. The van der Waals surface area contributed by atoms with Gasteiger partial charge >= 0.3 is 5.97 Å². The molecule has 26 heavy (non-hydrogen) atoms. The predicted molar refractivity (Wildman–Crippen MR) is 100 cm³/mol. The van der Waals surface area contributed by atoms with E-state index in [1.54, 1.807) is 6.07 Å². The molecule has 5 nitrogen and oxygen atoms in total. The summed E-state index contributed by atoms with van der Waals surface area (Å²) < 4.78 is 0. The smallest absolute Gasteiger partial charge is 0.303 e. The van der Waals surface area contributed by atoms with Crippen molar-refractivity contribution in [2.75, 3.05) is 0 Å². The maximum absolute atomic E-state index is 12.7. The Hall–Kier alpha value is -2.66. The normalized spacial score (nSPS) is 16.4. The van der Waals surface area contributed by atoms with Gasteiger partial charge in [-0.1, -0.05) is 54.1 Å². The van der Waals surface area contributed by atoms with Crippen molar-refractivity contribution in [2.24, 2.45) is 5.10 Å². The van der Waals surface area contributed by atoms with E-state index in [-0.39, 0.29) is 24.8 Å². The van der Waals surface area contributed by atoms with E-state index in [0.717, 1.165) is 16.8 Å². The van der Waals surface area contributed by atoms with Crippen LogP contribution in [-0.2, 0) is 9.59 Å². The highest BCUT2D eigenvalue weighted by Gasteiger charge is 2.32. The van der Waals surface area contributed by atoms with E-state index < -0.39 is 5.97 Å². The lowest BCUT2D eigenvalue weighted by atomic mass is 9.98. The van der Waals surface area contributed by atoms with Gasteiger partial charge in [0.15, 0.2) is 0 Å². The van der Waals surface area contributed by atoms with Crippen LogP contribution in [-0.4, -0.2) is 27.7 Å².